The Bertz CT molecular complexity index is 860. The van der Waals surface area contributed by atoms with Crippen molar-refractivity contribution in [1.82, 2.24) is 29.5 Å². The smallest absolute Gasteiger partial charge is 0.238 e. The van der Waals surface area contributed by atoms with Crippen LogP contribution in [0.5, 0.6) is 0 Å². The fraction of sp³-hybridized carbons (Fsp3) is 0.357. The second-order valence-electron chi connectivity index (χ2n) is 4.91. The van der Waals surface area contributed by atoms with E-state index in [0.29, 0.717) is 23.0 Å². The van der Waals surface area contributed by atoms with Crippen molar-refractivity contribution < 1.29 is 4.39 Å². The summed E-state index contributed by atoms with van der Waals surface area (Å²) < 4.78 is 15.9. The van der Waals surface area contributed by atoms with Crippen molar-refractivity contribution in [3.05, 3.63) is 34.8 Å². The molecule has 0 saturated heterocycles. The van der Waals surface area contributed by atoms with Crippen LogP contribution in [-0.2, 0) is 6.42 Å². The van der Waals surface area contributed by atoms with Crippen molar-refractivity contribution >= 4 is 17.5 Å². The van der Waals surface area contributed by atoms with Gasteiger partial charge in [0, 0.05) is 11.4 Å². The largest absolute Gasteiger partial charge is 0.253 e. The third-order valence-corrected chi connectivity index (χ3v) is 4.43. The van der Waals surface area contributed by atoms with Crippen molar-refractivity contribution in [3.8, 4) is 0 Å². The van der Waals surface area contributed by atoms with Crippen molar-refractivity contribution in [3.63, 3.8) is 0 Å². The zero-order valence-corrected chi connectivity index (χ0v) is 13.6. The molecule has 0 bridgehead atoms. The van der Waals surface area contributed by atoms with Crippen molar-refractivity contribution in [1.29, 1.82) is 0 Å². The molecule has 0 aliphatic heterocycles. The molecule has 0 atom stereocenters. The van der Waals surface area contributed by atoms with Gasteiger partial charge in [0.2, 0.25) is 5.16 Å². The number of halogens is 1. The van der Waals surface area contributed by atoms with Crippen LogP contribution in [0.4, 0.5) is 4.39 Å². The molecule has 3 aromatic heterocycles. The summed E-state index contributed by atoms with van der Waals surface area (Å²) in [5.74, 6) is 0.0965. The third-order valence-electron chi connectivity index (χ3n) is 3.59. The van der Waals surface area contributed by atoms with Gasteiger partial charge in [-0.15, -0.1) is 5.10 Å². The SMILES string of the molecule is CCc1ncnc(Sc2nc3nc(C)c(C)c(C)n3n2)c1F. The molecule has 0 aromatic carbocycles. The highest BCUT2D eigenvalue weighted by atomic mass is 32.2. The maximum absolute atomic E-state index is 14.2. The Labute approximate surface area is 131 Å². The third kappa shape index (κ3) is 2.43. The van der Waals surface area contributed by atoms with Gasteiger partial charge in [-0.25, -0.2) is 23.9 Å². The maximum atomic E-state index is 14.2. The van der Waals surface area contributed by atoms with E-state index >= 15 is 0 Å². The summed E-state index contributed by atoms with van der Waals surface area (Å²) in [5, 5.41) is 5.03. The summed E-state index contributed by atoms with van der Waals surface area (Å²) in [6.45, 7) is 7.73. The van der Waals surface area contributed by atoms with Crippen LogP contribution < -0.4 is 0 Å². The molecule has 0 aliphatic rings. The molecular formula is C14H15FN6S. The highest BCUT2D eigenvalue weighted by molar-refractivity contribution is 7.99. The molecule has 0 spiro atoms. The minimum atomic E-state index is -0.411. The van der Waals surface area contributed by atoms with Crippen LogP contribution in [-0.4, -0.2) is 29.5 Å². The average Bonchev–Trinajstić information content (AvgIpc) is 2.90. The van der Waals surface area contributed by atoms with E-state index in [-0.39, 0.29) is 5.03 Å². The first-order valence-electron chi connectivity index (χ1n) is 6.89. The van der Waals surface area contributed by atoms with Crippen LogP contribution in [0.2, 0.25) is 0 Å². The lowest BCUT2D eigenvalue weighted by Crippen LogP contribution is -2.02. The lowest BCUT2D eigenvalue weighted by molar-refractivity contribution is 0.559. The number of aromatic nitrogens is 6. The number of rotatable bonds is 3. The molecule has 0 amide bonds. The van der Waals surface area contributed by atoms with E-state index in [9.17, 15) is 4.39 Å². The molecule has 22 heavy (non-hydrogen) atoms. The van der Waals surface area contributed by atoms with Gasteiger partial charge in [0.15, 0.2) is 5.82 Å². The fourth-order valence-corrected chi connectivity index (χ4v) is 2.80. The Morgan fingerprint density at radius 2 is 1.95 bits per heavy atom. The minimum Gasteiger partial charge on any atom is -0.238 e. The zero-order valence-electron chi connectivity index (χ0n) is 12.8. The average molecular weight is 318 g/mol. The number of hydrogen-bond acceptors (Lipinski definition) is 6. The van der Waals surface area contributed by atoms with Gasteiger partial charge in [0.25, 0.3) is 5.78 Å². The van der Waals surface area contributed by atoms with Gasteiger partial charge in [-0.3, -0.25) is 0 Å². The van der Waals surface area contributed by atoms with Crippen molar-refractivity contribution in [2.75, 3.05) is 0 Å². The van der Waals surface area contributed by atoms with Gasteiger partial charge >= 0.3 is 0 Å². The first-order valence-corrected chi connectivity index (χ1v) is 7.70. The van der Waals surface area contributed by atoms with Crippen molar-refractivity contribution in [2.24, 2.45) is 0 Å². The number of fused-ring (bicyclic) bond motifs is 1. The number of hydrogen-bond donors (Lipinski definition) is 0. The van der Waals surface area contributed by atoms with Crippen LogP contribution in [0.15, 0.2) is 16.5 Å². The van der Waals surface area contributed by atoms with E-state index < -0.39 is 5.82 Å². The van der Waals surface area contributed by atoms with E-state index in [4.69, 9.17) is 0 Å². The van der Waals surface area contributed by atoms with E-state index in [1.807, 2.05) is 27.7 Å². The van der Waals surface area contributed by atoms with Crippen LogP contribution >= 0.6 is 11.8 Å². The summed E-state index contributed by atoms with van der Waals surface area (Å²) in [5.41, 5.74) is 3.34. The Hall–Kier alpha value is -2.09. The Kier molecular flexibility index (Phi) is 3.78. The Morgan fingerprint density at radius 3 is 2.68 bits per heavy atom. The van der Waals surface area contributed by atoms with Gasteiger partial charge in [-0.2, -0.15) is 4.98 Å². The first kappa shape index (κ1) is 14.8. The molecule has 114 valence electrons. The molecule has 3 rings (SSSR count). The Balaban J connectivity index is 2.04. The van der Waals surface area contributed by atoms with Crippen LogP contribution in [0.25, 0.3) is 5.78 Å². The van der Waals surface area contributed by atoms with Gasteiger partial charge in [-0.1, -0.05) is 6.92 Å². The van der Waals surface area contributed by atoms with Crippen LogP contribution in [0.3, 0.4) is 0 Å². The number of aryl methyl sites for hydroxylation is 3. The molecule has 0 aliphatic carbocycles. The first-order chi connectivity index (χ1) is 10.5. The summed E-state index contributed by atoms with van der Waals surface area (Å²) in [4.78, 5) is 16.6. The second-order valence-corrected chi connectivity index (χ2v) is 5.86. The van der Waals surface area contributed by atoms with E-state index in [0.717, 1.165) is 28.7 Å². The quantitative estimate of drug-likeness (QED) is 0.692. The molecule has 3 heterocycles. The molecule has 0 fully saturated rings. The normalized spacial score (nSPS) is 11.3. The standard InChI is InChI=1S/C14H15FN6S/c1-5-10-11(15)12(17-6-16-10)22-14-19-13-18-8(3)7(2)9(4)21(13)20-14/h6H,5H2,1-4H3. The summed E-state index contributed by atoms with van der Waals surface area (Å²) in [6.07, 6.45) is 1.87. The molecule has 0 N–H and O–H groups in total. The zero-order chi connectivity index (χ0) is 15.9. The van der Waals surface area contributed by atoms with Crippen LogP contribution in [0.1, 0.15) is 29.6 Å². The second kappa shape index (κ2) is 5.60. The topological polar surface area (TPSA) is 68.9 Å². The van der Waals surface area contributed by atoms with Crippen molar-refractivity contribution in [2.45, 2.75) is 44.3 Å². The molecule has 0 radical (unpaired) electrons. The summed E-state index contributed by atoms with van der Waals surface area (Å²) >= 11 is 1.08. The molecule has 3 aromatic rings. The van der Waals surface area contributed by atoms with Gasteiger partial charge in [-0.05, 0) is 44.5 Å². The monoisotopic (exact) mass is 318 g/mol. The summed E-state index contributed by atoms with van der Waals surface area (Å²) in [7, 11) is 0. The molecule has 8 heteroatoms. The van der Waals surface area contributed by atoms with Gasteiger partial charge in [0.1, 0.15) is 11.4 Å². The molecule has 0 saturated carbocycles. The van der Waals surface area contributed by atoms with Crippen LogP contribution in [0, 0.1) is 26.6 Å². The molecule has 0 unspecified atom stereocenters. The lowest BCUT2D eigenvalue weighted by atomic mass is 10.2. The lowest BCUT2D eigenvalue weighted by Gasteiger charge is -2.04. The predicted octanol–water partition coefficient (Wildman–Crippen LogP) is 2.69. The molecular weight excluding hydrogens is 303 g/mol. The fourth-order valence-electron chi connectivity index (χ4n) is 2.07. The van der Waals surface area contributed by atoms with Gasteiger partial charge < -0.3 is 0 Å². The van der Waals surface area contributed by atoms with E-state index in [2.05, 4.69) is 25.0 Å². The highest BCUT2D eigenvalue weighted by Gasteiger charge is 2.16. The summed E-state index contributed by atoms with van der Waals surface area (Å²) in [6, 6.07) is 0. The van der Waals surface area contributed by atoms with Gasteiger partial charge in [0.05, 0.1) is 5.69 Å². The maximum Gasteiger partial charge on any atom is 0.253 e. The van der Waals surface area contributed by atoms with E-state index in [1.165, 1.54) is 6.33 Å². The number of nitrogens with zero attached hydrogens (tertiary/aromatic N) is 6. The predicted molar refractivity (Wildman–Crippen MR) is 80.5 cm³/mol. The molecule has 6 nitrogen and oxygen atoms in total. The van der Waals surface area contributed by atoms with E-state index in [1.54, 1.807) is 4.52 Å². The minimum absolute atomic E-state index is 0.230. The Morgan fingerprint density at radius 1 is 1.18 bits per heavy atom. The highest BCUT2D eigenvalue weighted by Crippen LogP contribution is 2.27.